The van der Waals surface area contributed by atoms with E-state index in [1.54, 1.807) is 38.7 Å². The predicted molar refractivity (Wildman–Crippen MR) is 170 cm³/mol. The lowest BCUT2D eigenvalue weighted by molar-refractivity contribution is -0.123. The highest BCUT2D eigenvalue weighted by molar-refractivity contribution is 7.98. The summed E-state index contributed by atoms with van der Waals surface area (Å²) in [6.45, 7) is 3.95. The summed E-state index contributed by atoms with van der Waals surface area (Å²) in [6.07, 6.45) is 5.54. The van der Waals surface area contributed by atoms with Crippen molar-refractivity contribution in [3.63, 3.8) is 0 Å². The molecule has 5 rings (SSSR count). The van der Waals surface area contributed by atoms with E-state index < -0.39 is 6.04 Å². The highest BCUT2D eigenvalue weighted by atomic mass is 32.2. The van der Waals surface area contributed by atoms with E-state index in [4.69, 9.17) is 4.74 Å². The van der Waals surface area contributed by atoms with Gasteiger partial charge >= 0.3 is 0 Å². The zero-order valence-electron chi connectivity index (χ0n) is 24.4. The summed E-state index contributed by atoms with van der Waals surface area (Å²) in [5.74, 6) is 0.665. The highest BCUT2D eigenvalue weighted by Crippen LogP contribution is 2.27. The third-order valence-electron chi connectivity index (χ3n) is 7.33. The Bertz CT molecular complexity index is 1590. The van der Waals surface area contributed by atoms with Gasteiger partial charge in [-0.2, -0.15) is 11.8 Å². The van der Waals surface area contributed by atoms with Crippen molar-refractivity contribution in [3.05, 3.63) is 76.4 Å². The van der Waals surface area contributed by atoms with E-state index in [2.05, 4.69) is 20.9 Å². The molecule has 0 saturated heterocycles. The average Bonchev–Trinajstić information content (AvgIpc) is 3.65. The van der Waals surface area contributed by atoms with Gasteiger partial charge < -0.3 is 20.3 Å². The largest absolute Gasteiger partial charge is 0.494 e. The van der Waals surface area contributed by atoms with E-state index >= 15 is 0 Å². The zero-order valence-corrected chi connectivity index (χ0v) is 26.0. The minimum atomic E-state index is -0.681. The third-order valence-corrected chi connectivity index (χ3v) is 8.94. The molecule has 43 heavy (non-hydrogen) atoms. The number of nitrogens with zero attached hydrogens (tertiary/aromatic N) is 4. The summed E-state index contributed by atoms with van der Waals surface area (Å²) in [4.78, 5) is 42.0. The zero-order chi connectivity index (χ0) is 30.2. The molecule has 4 aromatic rings. The molecule has 0 spiro atoms. The first-order valence-electron chi connectivity index (χ1n) is 14.4. The van der Waals surface area contributed by atoms with Gasteiger partial charge in [-0.1, -0.05) is 29.5 Å². The molecule has 0 radical (unpaired) electrons. The van der Waals surface area contributed by atoms with Crippen LogP contribution in [-0.2, 0) is 17.9 Å². The SMILES string of the molecule is CSCC[C@@H]1NC(=O)c2cc(ccc2C)OCCCn2cc(nn2)CN(C(=O)c2csc3ccccc23)CCCNC1=O. The van der Waals surface area contributed by atoms with Crippen molar-refractivity contribution in [2.75, 3.05) is 31.7 Å². The van der Waals surface area contributed by atoms with Crippen LogP contribution in [0.3, 0.4) is 0 Å². The monoisotopic (exact) mass is 620 g/mol. The number of aryl methyl sites for hydroxylation is 2. The Morgan fingerprint density at radius 1 is 1.16 bits per heavy atom. The first kappa shape index (κ1) is 30.6. The van der Waals surface area contributed by atoms with Gasteiger partial charge in [-0.25, -0.2) is 0 Å². The molecule has 1 atom stereocenters. The molecule has 0 fully saturated rings. The number of aromatic nitrogens is 3. The summed E-state index contributed by atoms with van der Waals surface area (Å²) in [7, 11) is 0. The van der Waals surface area contributed by atoms with Gasteiger partial charge in [-0.15, -0.1) is 16.4 Å². The maximum absolute atomic E-state index is 13.8. The summed E-state index contributed by atoms with van der Waals surface area (Å²) in [5.41, 5.74) is 2.62. The van der Waals surface area contributed by atoms with Crippen molar-refractivity contribution < 1.29 is 19.1 Å². The number of thiophene rings is 1. The number of thioether (sulfide) groups is 1. The lowest BCUT2D eigenvalue weighted by Gasteiger charge is -2.23. The quantitative estimate of drug-likeness (QED) is 0.350. The minimum Gasteiger partial charge on any atom is -0.494 e. The second-order valence-corrected chi connectivity index (χ2v) is 12.4. The molecule has 2 aromatic heterocycles. The molecule has 12 heteroatoms. The Hall–Kier alpha value is -3.90. The topological polar surface area (TPSA) is 118 Å². The molecule has 0 unspecified atom stereocenters. The first-order valence-corrected chi connectivity index (χ1v) is 16.7. The summed E-state index contributed by atoms with van der Waals surface area (Å²) in [6, 6.07) is 12.6. The number of hydrogen-bond donors (Lipinski definition) is 2. The maximum atomic E-state index is 13.8. The standard InChI is InChI=1S/C31H36N6O4S2/c1-21-9-10-23-17-25(21)29(38)33-27(11-16-42-2)30(39)32-12-5-13-36(18-22-19-37(35-34-22)14-6-15-41-23)31(40)26-20-43-28-8-4-3-7-24(26)28/h3-4,7-10,17,19-20,27H,5-6,11-16,18H2,1-2H3,(H,32,39)(H,33,38)/t27-/m0/s1. The Morgan fingerprint density at radius 2 is 2.02 bits per heavy atom. The molecular weight excluding hydrogens is 585 g/mol. The number of ether oxygens (including phenoxy) is 1. The van der Waals surface area contributed by atoms with Crippen LogP contribution in [0.4, 0.5) is 0 Å². The minimum absolute atomic E-state index is 0.0875. The number of nitrogens with one attached hydrogen (secondary N) is 2. The van der Waals surface area contributed by atoms with Crippen LogP contribution in [0.1, 0.15) is 51.2 Å². The van der Waals surface area contributed by atoms with Gasteiger partial charge in [0.2, 0.25) is 5.91 Å². The van der Waals surface area contributed by atoms with Crippen LogP contribution in [0.15, 0.2) is 54.0 Å². The van der Waals surface area contributed by atoms with Crippen molar-refractivity contribution in [1.29, 1.82) is 0 Å². The number of hydrogen-bond acceptors (Lipinski definition) is 8. The van der Waals surface area contributed by atoms with Crippen molar-refractivity contribution in [2.24, 2.45) is 0 Å². The molecule has 2 N–H and O–H groups in total. The second kappa shape index (κ2) is 14.5. The average molecular weight is 621 g/mol. The first-order chi connectivity index (χ1) is 20.9. The van der Waals surface area contributed by atoms with Crippen molar-refractivity contribution >= 4 is 50.9 Å². The van der Waals surface area contributed by atoms with Crippen molar-refractivity contribution in [3.8, 4) is 5.75 Å². The van der Waals surface area contributed by atoms with E-state index in [0.29, 0.717) is 74.6 Å². The molecule has 3 heterocycles. The lowest BCUT2D eigenvalue weighted by atomic mass is 10.1. The molecule has 1 aliphatic heterocycles. The Labute approximate surface area is 259 Å². The van der Waals surface area contributed by atoms with Crippen LogP contribution >= 0.6 is 23.1 Å². The van der Waals surface area contributed by atoms with E-state index in [1.165, 1.54) is 0 Å². The van der Waals surface area contributed by atoms with E-state index in [9.17, 15) is 14.4 Å². The fourth-order valence-electron chi connectivity index (χ4n) is 4.98. The van der Waals surface area contributed by atoms with Gasteiger partial charge in [0.25, 0.3) is 11.8 Å². The highest BCUT2D eigenvalue weighted by Gasteiger charge is 2.24. The Morgan fingerprint density at radius 3 is 2.88 bits per heavy atom. The predicted octanol–water partition coefficient (Wildman–Crippen LogP) is 4.28. The van der Waals surface area contributed by atoms with Gasteiger partial charge in [0, 0.05) is 47.1 Å². The molecule has 0 saturated carbocycles. The van der Waals surface area contributed by atoms with Crippen LogP contribution in [0.2, 0.25) is 0 Å². The number of benzene rings is 2. The third kappa shape index (κ3) is 7.74. The van der Waals surface area contributed by atoms with Crippen molar-refractivity contribution in [1.82, 2.24) is 30.5 Å². The van der Waals surface area contributed by atoms with Crippen molar-refractivity contribution in [2.45, 2.75) is 45.3 Å². The van der Waals surface area contributed by atoms with Gasteiger partial charge in [-0.05, 0) is 55.5 Å². The smallest absolute Gasteiger partial charge is 0.255 e. The van der Waals surface area contributed by atoms with Crippen LogP contribution in [0.25, 0.3) is 10.1 Å². The summed E-state index contributed by atoms with van der Waals surface area (Å²) in [5, 5.41) is 17.3. The summed E-state index contributed by atoms with van der Waals surface area (Å²) >= 11 is 3.16. The van der Waals surface area contributed by atoms with E-state index in [0.717, 1.165) is 21.4 Å². The fourth-order valence-corrected chi connectivity index (χ4v) is 6.39. The van der Waals surface area contributed by atoms with Gasteiger partial charge in [-0.3, -0.25) is 19.1 Å². The normalized spacial score (nSPS) is 17.2. The van der Waals surface area contributed by atoms with Gasteiger partial charge in [0.1, 0.15) is 17.5 Å². The maximum Gasteiger partial charge on any atom is 0.255 e. The van der Waals surface area contributed by atoms with Crippen LogP contribution in [-0.4, -0.2) is 75.4 Å². The molecule has 226 valence electrons. The van der Waals surface area contributed by atoms with Gasteiger partial charge in [0.05, 0.1) is 24.9 Å². The number of carbonyl (C=O) groups is 3. The van der Waals surface area contributed by atoms with Crippen LogP contribution in [0.5, 0.6) is 5.75 Å². The van der Waals surface area contributed by atoms with E-state index in [-0.39, 0.29) is 17.7 Å². The Balaban J connectivity index is 1.37. The van der Waals surface area contributed by atoms with E-state index in [1.807, 2.05) is 61.2 Å². The number of carbonyl (C=O) groups excluding carboxylic acids is 3. The molecule has 4 bridgehead atoms. The number of fused-ring (bicyclic) bond motifs is 5. The molecule has 0 aliphatic carbocycles. The van der Waals surface area contributed by atoms with Crippen LogP contribution < -0.4 is 15.4 Å². The molecular formula is C31H36N6O4S2. The number of amides is 3. The molecule has 1 aliphatic rings. The van der Waals surface area contributed by atoms with Crippen LogP contribution in [0, 0.1) is 6.92 Å². The lowest BCUT2D eigenvalue weighted by Crippen LogP contribution is -2.47. The molecule has 3 amide bonds. The number of rotatable bonds is 4. The molecule has 2 aromatic carbocycles. The second-order valence-electron chi connectivity index (χ2n) is 10.5. The Kier molecular flexibility index (Phi) is 10.3. The fraction of sp³-hybridized carbons (Fsp3) is 0.387. The summed E-state index contributed by atoms with van der Waals surface area (Å²) < 4.78 is 8.75. The molecule has 10 nitrogen and oxygen atoms in total. The van der Waals surface area contributed by atoms with Gasteiger partial charge in [0.15, 0.2) is 0 Å².